The van der Waals surface area contributed by atoms with Gasteiger partial charge in [0.2, 0.25) is 0 Å². The lowest BCUT2D eigenvalue weighted by Gasteiger charge is -2.28. The van der Waals surface area contributed by atoms with E-state index in [0.717, 1.165) is 45.0 Å². The highest BCUT2D eigenvalue weighted by atomic mass is 16.6. The summed E-state index contributed by atoms with van der Waals surface area (Å²) < 4.78 is 10.7. The van der Waals surface area contributed by atoms with Crippen LogP contribution in [0, 0.1) is 0 Å². The summed E-state index contributed by atoms with van der Waals surface area (Å²) in [6.07, 6.45) is -0.704. The van der Waals surface area contributed by atoms with Crippen LogP contribution in [-0.4, -0.2) is 79.8 Å². The van der Waals surface area contributed by atoms with Crippen molar-refractivity contribution in [1.29, 1.82) is 0 Å². The van der Waals surface area contributed by atoms with Crippen molar-refractivity contribution in [3.8, 4) is 0 Å². The van der Waals surface area contributed by atoms with Crippen LogP contribution >= 0.6 is 0 Å². The summed E-state index contributed by atoms with van der Waals surface area (Å²) in [5, 5.41) is 16.8. The molecule has 7 heteroatoms. The van der Waals surface area contributed by atoms with Crippen LogP contribution in [0.2, 0.25) is 0 Å². The molecule has 1 amide bonds. The minimum atomic E-state index is -0.725. The van der Waals surface area contributed by atoms with Crippen molar-refractivity contribution in [2.75, 3.05) is 45.9 Å². The van der Waals surface area contributed by atoms with Crippen LogP contribution in [0.4, 0.5) is 4.79 Å². The number of rotatable bonds is 9. The summed E-state index contributed by atoms with van der Waals surface area (Å²) in [5.74, 6) is 0. The zero-order chi connectivity index (χ0) is 20.4. The lowest BCUT2D eigenvalue weighted by Crippen LogP contribution is -2.50. The number of carbonyl (C=O) groups excluding carboxylic acids is 1. The first-order chi connectivity index (χ1) is 13.3. The monoisotopic (exact) mass is 393 g/mol. The number of nitrogens with one attached hydrogen (secondary N) is 2. The van der Waals surface area contributed by atoms with E-state index in [1.165, 1.54) is 0 Å². The molecular formula is C21H35N3O4. The van der Waals surface area contributed by atoms with Gasteiger partial charge in [0.25, 0.3) is 0 Å². The molecule has 7 nitrogen and oxygen atoms in total. The van der Waals surface area contributed by atoms with Gasteiger partial charge in [-0.05, 0) is 32.8 Å². The van der Waals surface area contributed by atoms with Crippen molar-refractivity contribution in [3.05, 3.63) is 35.9 Å². The number of morpholine rings is 1. The molecule has 0 radical (unpaired) electrons. The van der Waals surface area contributed by atoms with Crippen molar-refractivity contribution >= 4 is 6.09 Å². The van der Waals surface area contributed by atoms with Crippen molar-refractivity contribution < 1.29 is 19.4 Å². The van der Waals surface area contributed by atoms with Gasteiger partial charge >= 0.3 is 6.09 Å². The summed E-state index contributed by atoms with van der Waals surface area (Å²) in [4.78, 5) is 14.6. The fourth-order valence-corrected chi connectivity index (χ4v) is 3.06. The Bertz CT molecular complexity index is 571. The summed E-state index contributed by atoms with van der Waals surface area (Å²) in [7, 11) is 0. The van der Waals surface area contributed by atoms with E-state index in [1.54, 1.807) is 0 Å². The minimum absolute atomic E-state index is 0.400. The van der Waals surface area contributed by atoms with E-state index in [9.17, 15) is 9.90 Å². The van der Waals surface area contributed by atoms with E-state index < -0.39 is 23.8 Å². The molecule has 1 fully saturated rings. The van der Waals surface area contributed by atoms with Gasteiger partial charge in [-0.1, -0.05) is 30.3 Å². The van der Waals surface area contributed by atoms with Gasteiger partial charge in [0.05, 0.1) is 25.4 Å². The van der Waals surface area contributed by atoms with Gasteiger partial charge < -0.3 is 25.2 Å². The van der Waals surface area contributed by atoms with Crippen LogP contribution in [-0.2, 0) is 15.9 Å². The highest BCUT2D eigenvalue weighted by Crippen LogP contribution is 2.10. The second-order valence-electron chi connectivity index (χ2n) is 8.17. The third kappa shape index (κ3) is 9.01. The number of hydrogen-bond acceptors (Lipinski definition) is 6. The van der Waals surface area contributed by atoms with E-state index in [0.29, 0.717) is 13.0 Å². The van der Waals surface area contributed by atoms with Gasteiger partial charge in [0.15, 0.2) is 0 Å². The fourth-order valence-electron chi connectivity index (χ4n) is 3.06. The van der Waals surface area contributed by atoms with Crippen molar-refractivity contribution in [2.45, 2.75) is 44.9 Å². The number of aliphatic hydroxyl groups excluding tert-OH is 1. The molecule has 0 saturated carbocycles. The Balaban J connectivity index is 1.84. The number of aliphatic hydroxyl groups is 1. The highest BCUT2D eigenvalue weighted by Gasteiger charge is 2.25. The fraction of sp³-hybridized carbons (Fsp3) is 0.667. The van der Waals surface area contributed by atoms with Crippen LogP contribution in [0.5, 0.6) is 0 Å². The summed E-state index contributed by atoms with van der Waals surface area (Å²) >= 11 is 0. The normalized spacial score (nSPS) is 17.7. The second-order valence-corrected chi connectivity index (χ2v) is 8.17. The molecule has 0 aliphatic carbocycles. The Morgan fingerprint density at radius 2 is 1.93 bits per heavy atom. The second kappa shape index (κ2) is 11.4. The SMILES string of the molecule is CC(C)(C)OC(=O)N[C@@H](Cc1ccccc1)[C@H](O)CNCCN1CCOCC1. The maximum absolute atomic E-state index is 12.2. The average molecular weight is 394 g/mol. The van der Waals surface area contributed by atoms with Gasteiger partial charge in [0, 0.05) is 32.7 Å². The first-order valence-corrected chi connectivity index (χ1v) is 10.1. The molecule has 158 valence electrons. The minimum Gasteiger partial charge on any atom is -0.444 e. The van der Waals surface area contributed by atoms with Crippen LogP contribution in [0.25, 0.3) is 0 Å². The molecule has 0 unspecified atom stereocenters. The molecule has 1 aliphatic rings. The molecule has 0 bridgehead atoms. The quantitative estimate of drug-likeness (QED) is 0.550. The zero-order valence-electron chi connectivity index (χ0n) is 17.3. The summed E-state index contributed by atoms with van der Waals surface area (Å²) in [6.45, 7) is 11.0. The molecule has 1 aromatic rings. The number of amides is 1. The van der Waals surface area contributed by atoms with Gasteiger partial charge in [-0.25, -0.2) is 4.79 Å². The summed E-state index contributed by atoms with van der Waals surface area (Å²) in [6, 6.07) is 9.39. The standard InChI is InChI=1S/C21H35N3O4/c1-21(2,3)28-20(26)23-18(15-17-7-5-4-6-8-17)19(25)16-22-9-10-24-11-13-27-14-12-24/h4-8,18-19,22,25H,9-16H2,1-3H3,(H,23,26)/t18-,19+/m0/s1. The van der Waals surface area contributed by atoms with E-state index in [1.807, 2.05) is 51.1 Å². The van der Waals surface area contributed by atoms with Gasteiger partial charge in [0.1, 0.15) is 5.60 Å². The number of benzene rings is 1. The maximum atomic E-state index is 12.2. The predicted molar refractivity (Wildman–Crippen MR) is 109 cm³/mol. The van der Waals surface area contributed by atoms with Crippen molar-refractivity contribution in [3.63, 3.8) is 0 Å². The van der Waals surface area contributed by atoms with E-state index >= 15 is 0 Å². The molecular weight excluding hydrogens is 358 g/mol. The molecule has 2 rings (SSSR count). The van der Waals surface area contributed by atoms with Crippen LogP contribution in [0.1, 0.15) is 26.3 Å². The van der Waals surface area contributed by atoms with Gasteiger partial charge in [-0.3, -0.25) is 4.90 Å². The van der Waals surface area contributed by atoms with Crippen LogP contribution < -0.4 is 10.6 Å². The molecule has 2 atom stereocenters. The third-order valence-electron chi connectivity index (χ3n) is 4.53. The number of nitrogens with zero attached hydrogens (tertiary/aromatic N) is 1. The lowest BCUT2D eigenvalue weighted by atomic mass is 10.0. The molecule has 28 heavy (non-hydrogen) atoms. The van der Waals surface area contributed by atoms with E-state index in [4.69, 9.17) is 9.47 Å². The molecule has 0 spiro atoms. The van der Waals surface area contributed by atoms with E-state index in [2.05, 4.69) is 15.5 Å². The number of carbonyl (C=O) groups is 1. The highest BCUT2D eigenvalue weighted by molar-refractivity contribution is 5.68. The molecule has 3 N–H and O–H groups in total. The first kappa shape index (κ1) is 22.6. The van der Waals surface area contributed by atoms with Gasteiger partial charge in [-0.15, -0.1) is 0 Å². The van der Waals surface area contributed by atoms with Gasteiger partial charge in [-0.2, -0.15) is 0 Å². The first-order valence-electron chi connectivity index (χ1n) is 10.1. The topological polar surface area (TPSA) is 83.1 Å². The summed E-state index contributed by atoms with van der Waals surface area (Å²) in [5.41, 5.74) is 0.471. The Kier molecular flexibility index (Phi) is 9.18. The van der Waals surface area contributed by atoms with Crippen molar-refractivity contribution in [1.82, 2.24) is 15.5 Å². The third-order valence-corrected chi connectivity index (χ3v) is 4.53. The van der Waals surface area contributed by atoms with Crippen molar-refractivity contribution in [2.24, 2.45) is 0 Å². The lowest BCUT2D eigenvalue weighted by molar-refractivity contribution is 0.0367. The number of ether oxygens (including phenoxy) is 2. The Labute approximate surface area is 168 Å². The van der Waals surface area contributed by atoms with Crippen LogP contribution in [0.15, 0.2) is 30.3 Å². The number of hydrogen-bond donors (Lipinski definition) is 3. The predicted octanol–water partition coefficient (Wildman–Crippen LogP) is 1.41. The van der Waals surface area contributed by atoms with Crippen LogP contribution in [0.3, 0.4) is 0 Å². The molecule has 1 aromatic carbocycles. The number of alkyl carbamates (subject to hydrolysis) is 1. The molecule has 0 aromatic heterocycles. The molecule has 1 heterocycles. The Morgan fingerprint density at radius 1 is 1.25 bits per heavy atom. The zero-order valence-corrected chi connectivity index (χ0v) is 17.3. The van der Waals surface area contributed by atoms with E-state index in [-0.39, 0.29) is 0 Å². The molecule has 1 saturated heterocycles. The Morgan fingerprint density at radius 3 is 2.57 bits per heavy atom. The maximum Gasteiger partial charge on any atom is 0.407 e. The molecule has 1 aliphatic heterocycles. The Hall–Kier alpha value is -1.67. The largest absolute Gasteiger partial charge is 0.444 e. The smallest absolute Gasteiger partial charge is 0.407 e. The average Bonchev–Trinajstić information content (AvgIpc) is 2.65.